The molecule has 11 nitrogen and oxygen atoms in total. The van der Waals surface area contributed by atoms with Crippen molar-refractivity contribution in [3.05, 3.63) is 77.5 Å². The van der Waals surface area contributed by atoms with E-state index in [1.54, 1.807) is 24.4 Å². The lowest BCUT2D eigenvalue weighted by atomic mass is 9.85. The van der Waals surface area contributed by atoms with Gasteiger partial charge in [-0.3, -0.25) is 14.0 Å². The number of imidazole rings is 1. The fourth-order valence-electron chi connectivity index (χ4n) is 5.80. The molecule has 3 aromatic heterocycles. The number of aromatic nitrogens is 4. The molecule has 0 saturated heterocycles. The van der Waals surface area contributed by atoms with Crippen LogP contribution in [0.4, 0.5) is 11.6 Å². The number of nitrogens with zero attached hydrogens (tertiary/aromatic N) is 5. The molecule has 6 rings (SSSR count). The van der Waals surface area contributed by atoms with Crippen molar-refractivity contribution in [1.29, 1.82) is 5.26 Å². The lowest BCUT2D eigenvalue weighted by molar-refractivity contribution is -0.123. The minimum Gasteiger partial charge on any atom is -0.382 e. The number of ether oxygens (including phenoxy) is 1. The predicted molar refractivity (Wildman–Crippen MR) is 162 cm³/mol. The van der Waals surface area contributed by atoms with Crippen molar-refractivity contribution in [3.63, 3.8) is 0 Å². The Morgan fingerprint density at radius 3 is 2.86 bits per heavy atom. The van der Waals surface area contributed by atoms with E-state index in [-0.39, 0.29) is 23.8 Å². The van der Waals surface area contributed by atoms with Crippen molar-refractivity contribution in [3.8, 4) is 17.3 Å². The number of carbonyl (C=O) groups is 2. The molecule has 4 N–H and O–H groups in total. The van der Waals surface area contributed by atoms with Crippen LogP contribution in [0.3, 0.4) is 0 Å². The number of amides is 2. The fraction of sp³-hybridized carbons (Fsp3) is 0.312. The number of fused-ring (bicyclic) bond motifs is 3. The van der Waals surface area contributed by atoms with Gasteiger partial charge in [0.2, 0.25) is 5.91 Å². The smallest absolute Gasteiger partial charge is 0.256 e. The molecule has 2 atom stereocenters. The Balaban J connectivity index is 1.37. The fourth-order valence-corrected chi connectivity index (χ4v) is 5.80. The molecule has 1 aliphatic carbocycles. The van der Waals surface area contributed by atoms with Gasteiger partial charge in [0.05, 0.1) is 36.7 Å². The molecule has 11 heteroatoms. The van der Waals surface area contributed by atoms with Crippen LogP contribution in [0.25, 0.3) is 22.9 Å². The molecule has 2 amide bonds. The molecule has 1 fully saturated rings. The summed E-state index contributed by atoms with van der Waals surface area (Å²) in [5.41, 5.74) is 10.4. The second kappa shape index (κ2) is 12.4. The molecular formula is C32H32N8O3. The summed E-state index contributed by atoms with van der Waals surface area (Å²) in [5, 5.41) is 15.1. The van der Waals surface area contributed by atoms with Gasteiger partial charge in [0, 0.05) is 35.7 Å². The van der Waals surface area contributed by atoms with E-state index in [1.165, 1.54) is 12.3 Å². The number of nitriles is 1. The molecular weight excluding hydrogens is 544 g/mol. The van der Waals surface area contributed by atoms with Crippen LogP contribution >= 0.6 is 0 Å². The van der Waals surface area contributed by atoms with Gasteiger partial charge >= 0.3 is 0 Å². The third kappa shape index (κ3) is 6.10. The maximum absolute atomic E-state index is 12.9. The van der Waals surface area contributed by atoms with Gasteiger partial charge in [-0.1, -0.05) is 24.6 Å². The quantitative estimate of drug-likeness (QED) is 0.322. The maximum Gasteiger partial charge on any atom is 0.256 e. The summed E-state index contributed by atoms with van der Waals surface area (Å²) in [6, 6.07) is 12.3. The molecule has 1 saturated carbocycles. The summed E-state index contributed by atoms with van der Waals surface area (Å²) in [6.45, 7) is 0.920. The molecule has 1 aromatic carbocycles. The van der Waals surface area contributed by atoms with Gasteiger partial charge in [0.25, 0.3) is 5.91 Å². The number of carbonyl (C=O) groups excluding carboxylic acids is 2. The topological polar surface area (TPSA) is 160 Å². The highest BCUT2D eigenvalue weighted by Gasteiger charge is 2.30. The van der Waals surface area contributed by atoms with E-state index in [1.807, 2.05) is 30.4 Å². The number of nitrogens with one attached hydrogen (secondary N) is 2. The minimum absolute atomic E-state index is 0.0107. The Kier molecular flexibility index (Phi) is 8.11. The Morgan fingerprint density at radius 1 is 1.16 bits per heavy atom. The SMILES string of the molecule is N#Cc1ccnc(NC(=O)c2ccc(-c3nc4n5c(cnc(N)c35)/C=C/CCOCCC(=O)NC3CCC[C@@H]4C3)cc2)c1. The van der Waals surface area contributed by atoms with Crippen molar-refractivity contribution < 1.29 is 14.3 Å². The van der Waals surface area contributed by atoms with E-state index < -0.39 is 0 Å². The Morgan fingerprint density at radius 2 is 2.02 bits per heavy atom. The van der Waals surface area contributed by atoms with E-state index in [0.29, 0.717) is 60.0 Å². The van der Waals surface area contributed by atoms with Gasteiger partial charge in [-0.15, -0.1) is 0 Å². The number of nitrogens with two attached hydrogens (primary N) is 1. The second-order valence-corrected chi connectivity index (χ2v) is 10.8. The molecule has 1 aliphatic heterocycles. The molecule has 43 heavy (non-hydrogen) atoms. The third-order valence-corrected chi connectivity index (χ3v) is 7.89. The number of pyridine rings is 1. The lowest BCUT2D eigenvalue weighted by Crippen LogP contribution is -2.38. The normalized spacial score (nSPS) is 19.8. The Hall–Kier alpha value is -5.08. The highest BCUT2D eigenvalue weighted by Crippen LogP contribution is 2.38. The highest BCUT2D eigenvalue weighted by atomic mass is 16.5. The van der Waals surface area contributed by atoms with Crippen LogP contribution in [-0.4, -0.2) is 50.4 Å². The molecule has 218 valence electrons. The first-order valence-corrected chi connectivity index (χ1v) is 14.5. The molecule has 4 heterocycles. The Labute approximate surface area is 248 Å². The van der Waals surface area contributed by atoms with E-state index in [9.17, 15) is 9.59 Å². The van der Waals surface area contributed by atoms with Crippen molar-refractivity contribution in [2.24, 2.45) is 0 Å². The number of hydrogen-bond acceptors (Lipinski definition) is 8. The first kappa shape index (κ1) is 28.1. The first-order valence-electron chi connectivity index (χ1n) is 14.5. The monoisotopic (exact) mass is 576 g/mol. The predicted octanol–water partition coefficient (Wildman–Crippen LogP) is 4.46. The zero-order valence-corrected chi connectivity index (χ0v) is 23.6. The van der Waals surface area contributed by atoms with Gasteiger partial charge in [-0.25, -0.2) is 15.0 Å². The molecule has 4 aromatic rings. The number of anilines is 2. The van der Waals surface area contributed by atoms with E-state index >= 15 is 0 Å². The second-order valence-electron chi connectivity index (χ2n) is 10.8. The van der Waals surface area contributed by atoms with Crippen LogP contribution in [0, 0.1) is 11.3 Å². The van der Waals surface area contributed by atoms with Crippen molar-refractivity contribution in [2.75, 3.05) is 24.3 Å². The largest absolute Gasteiger partial charge is 0.382 e. The van der Waals surface area contributed by atoms with Gasteiger partial charge in [-0.2, -0.15) is 5.26 Å². The summed E-state index contributed by atoms with van der Waals surface area (Å²) in [6.07, 6.45) is 11.9. The summed E-state index contributed by atoms with van der Waals surface area (Å²) in [5.74, 6) is 1.32. The zero-order valence-electron chi connectivity index (χ0n) is 23.6. The van der Waals surface area contributed by atoms with E-state index in [4.69, 9.17) is 20.7 Å². The van der Waals surface area contributed by atoms with Crippen LogP contribution in [0.2, 0.25) is 0 Å². The average molecular weight is 577 g/mol. The van der Waals surface area contributed by atoms with E-state index in [2.05, 4.69) is 25.0 Å². The third-order valence-electron chi connectivity index (χ3n) is 7.89. The number of rotatable bonds is 3. The summed E-state index contributed by atoms with van der Waals surface area (Å²) in [7, 11) is 0. The standard InChI is InChI=1S/C32H32N8O3/c33-18-20-11-13-35-26(16-20)38-32(42)22-9-7-21(8-10-22)28-29-30(34)36-19-25-6-1-2-14-43-15-12-27(41)37-24-5-3-4-23(17-24)31(39-28)40(25)29/h1,6-11,13,16,19,23-24H,2-5,12,14-15,17H2,(H2,34,36)(H,37,41)(H,35,38,42)/b6-1+/t23-,24?/m1/s1. The first-order chi connectivity index (χ1) is 21.0. The number of benzene rings is 1. The number of nitrogen functional groups attached to an aromatic ring is 1. The van der Waals surface area contributed by atoms with Crippen molar-refractivity contribution in [1.82, 2.24) is 24.7 Å². The van der Waals surface area contributed by atoms with Gasteiger partial charge in [0.15, 0.2) is 0 Å². The van der Waals surface area contributed by atoms with Crippen molar-refractivity contribution >= 4 is 35.0 Å². The molecule has 2 aliphatic rings. The van der Waals surface area contributed by atoms with Crippen LogP contribution in [-0.2, 0) is 9.53 Å². The molecule has 2 bridgehead atoms. The minimum atomic E-state index is -0.342. The van der Waals surface area contributed by atoms with Crippen LogP contribution in [0.15, 0.2) is 54.9 Å². The van der Waals surface area contributed by atoms with Gasteiger partial charge in [-0.05, 0) is 56.0 Å². The zero-order chi connectivity index (χ0) is 29.8. The van der Waals surface area contributed by atoms with Crippen LogP contribution < -0.4 is 16.4 Å². The Bertz CT molecular complexity index is 1740. The molecule has 0 spiro atoms. The number of hydrogen-bond donors (Lipinski definition) is 3. The lowest BCUT2D eigenvalue weighted by Gasteiger charge is -2.29. The molecule has 0 radical (unpaired) electrons. The summed E-state index contributed by atoms with van der Waals surface area (Å²) < 4.78 is 7.76. The van der Waals surface area contributed by atoms with Gasteiger partial charge < -0.3 is 21.1 Å². The average Bonchev–Trinajstić information content (AvgIpc) is 3.43. The highest BCUT2D eigenvalue weighted by molar-refractivity contribution is 6.04. The van der Waals surface area contributed by atoms with Crippen molar-refractivity contribution in [2.45, 2.75) is 50.5 Å². The maximum atomic E-state index is 12.9. The van der Waals surface area contributed by atoms with E-state index in [0.717, 1.165) is 42.8 Å². The van der Waals surface area contributed by atoms with Crippen LogP contribution in [0.5, 0.6) is 0 Å². The van der Waals surface area contributed by atoms with Crippen LogP contribution in [0.1, 0.15) is 71.9 Å². The van der Waals surface area contributed by atoms with Gasteiger partial charge in [0.1, 0.15) is 28.7 Å². The summed E-state index contributed by atoms with van der Waals surface area (Å²) >= 11 is 0. The summed E-state index contributed by atoms with van der Waals surface area (Å²) in [4.78, 5) is 39.3. The molecule has 1 unspecified atom stereocenters.